The Kier molecular flexibility index (Phi) is 15.5. The molecule has 7 aromatic rings. The highest BCUT2D eigenvalue weighted by atomic mass is 19.4. The van der Waals surface area contributed by atoms with E-state index in [2.05, 4.69) is 78.4 Å². The molecule has 0 radical (unpaired) electrons. The highest BCUT2D eigenvalue weighted by molar-refractivity contribution is 7.20. The first-order valence-corrected chi connectivity index (χ1v) is 21.4. The van der Waals surface area contributed by atoms with Crippen molar-refractivity contribution in [1.29, 1.82) is 0 Å². The molecule has 1 nitrogen and oxygen atoms in total. The number of para-hydroxylation sites is 1. The van der Waals surface area contributed by atoms with E-state index in [1.165, 1.54) is 22.0 Å². The van der Waals surface area contributed by atoms with Crippen LogP contribution in [0.15, 0.2) is 140 Å². The van der Waals surface area contributed by atoms with Gasteiger partial charge in [0.25, 0.3) is 0 Å². The number of hydrogen-bond acceptors (Lipinski definition) is 0. The van der Waals surface area contributed by atoms with Crippen molar-refractivity contribution in [3.05, 3.63) is 195 Å². The fourth-order valence-electron chi connectivity index (χ4n) is 8.51. The molecule has 26 heteroatoms. The summed E-state index contributed by atoms with van der Waals surface area (Å²) in [6, 6.07) is 12.9. The van der Waals surface area contributed by atoms with Crippen LogP contribution >= 0.6 is 0 Å². The third kappa shape index (κ3) is 13.0. The van der Waals surface area contributed by atoms with Crippen molar-refractivity contribution in [2.45, 2.75) is 69.3 Å². The number of aromatic nitrogens is 1. The maximum Gasteiger partial charge on any atom is 0.416 e. The zero-order chi connectivity index (χ0) is 57.0. The van der Waals surface area contributed by atoms with Crippen LogP contribution in [0.1, 0.15) is 62.6 Å². The molecule has 0 amide bonds. The number of hydrogen-bond donors (Lipinski definition) is 0. The van der Waals surface area contributed by atoms with Gasteiger partial charge < -0.3 is 0 Å². The zero-order valence-electron chi connectivity index (χ0n) is 37.8. The van der Waals surface area contributed by atoms with Crippen LogP contribution in [0.4, 0.5) is 105 Å². The second-order valence-electron chi connectivity index (χ2n) is 17.1. The standard InChI is InChI=1S/C32H12BF24.C18H18N/c34-25(35,36)13-1-14(26(37,38)39)6-21(5-13)33(22-7-15(27(40,41)42)2-16(8-22)28(43,44)45,23-9-17(29(46,47)48)3-18(10-23)30(49,50)51)24-11-19(31(52,53)54)4-20(12-24)32(55,56)57;1-2-15-9-11-16(12-10-15)14-19-13-5-7-17-6-3-4-8-18(17)19/h1-12H;3-13H,2,14H2,1H3/q-1;+1. The van der Waals surface area contributed by atoms with Crippen molar-refractivity contribution in [2.75, 3.05) is 0 Å². The highest BCUT2D eigenvalue weighted by Gasteiger charge is 2.47. The van der Waals surface area contributed by atoms with Crippen molar-refractivity contribution in [3.8, 4) is 0 Å². The molecular weight excluding hydrogens is 1080 g/mol. The van der Waals surface area contributed by atoms with Crippen molar-refractivity contribution >= 4 is 38.9 Å². The monoisotopic (exact) mass is 1110 g/mol. The summed E-state index contributed by atoms with van der Waals surface area (Å²) < 4.78 is 343. The maximum absolute atomic E-state index is 14.2. The minimum atomic E-state index is -6.13. The molecule has 0 bridgehead atoms. The van der Waals surface area contributed by atoms with E-state index in [9.17, 15) is 105 Å². The Labute approximate surface area is 412 Å². The molecule has 76 heavy (non-hydrogen) atoms. The Balaban J connectivity index is 0.000000408. The molecule has 0 aliphatic carbocycles. The molecule has 0 fully saturated rings. The summed E-state index contributed by atoms with van der Waals surface area (Å²) in [5.74, 6) is 0. The summed E-state index contributed by atoms with van der Waals surface area (Å²) in [5.41, 5.74) is -26.2. The minimum Gasteiger partial charge on any atom is -0.194 e. The van der Waals surface area contributed by atoms with E-state index in [-0.39, 0.29) is 0 Å². The van der Waals surface area contributed by atoms with Crippen LogP contribution in [0.5, 0.6) is 0 Å². The van der Waals surface area contributed by atoms with Gasteiger partial charge in [0.1, 0.15) is 6.15 Å². The number of aryl methyl sites for hydroxylation is 1. The summed E-state index contributed by atoms with van der Waals surface area (Å²) in [5, 5.41) is 1.29. The average Bonchev–Trinajstić information content (AvgIpc) is 3.30. The van der Waals surface area contributed by atoms with E-state index in [0.29, 0.717) is 0 Å². The fourth-order valence-corrected chi connectivity index (χ4v) is 8.51. The lowest BCUT2D eigenvalue weighted by Gasteiger charge is -2.46. The number of halogens is 24. The molecule has 1 aromatic heterocycles. The van der Waals surface area contributed by atoms with Crippen LogP contribution in [0.2, 0.25) is 0 Å². The van der Waals surface area contributed by atoms with Gasteiger partial charge in [-0.25, -0.2) is 0 Å². The highest BCUT2D eigenvalue weighted by Crippen LogP contribution is 2.41. The molecule has 0 unspecified atom stereocenters. The minimum absolute atomic E-state index is 0.691. The van der Waals surface area contributed by atoms with E-state index in [1.54, 1.807) is 0 Å². The van der Waals surface area contributed by atoms with Crippen LogP contribution in [-0.4, -0.2) is 6.15 Å². The molecule has 6 aromatic carbocycles. The predicted molar refractivity (Wildman–Crippen MR) is 229 cm³/mol. The first-order valence-electron chi connectivity index (χ1n) is 21.4. The Morgan fingerprint density at radius 3 is 0.829 bits per heavy atom. The first-order chi connectivity index (χ1) is 34.6. The van der Waals surface area contributed by atoms with Crippen LogP contribution in [0.3, 0.4) is 0 Å². The number of rotatable bonds is 7. The van der Waals surface area contributed by atoms with Crippen molar-refractivity contribution < 1.29 is 110 Å². The average molecular weight is 1110 g/mol. The summed E-state index contributed by atoms with van der Waals surface area (Å²) in [6.45, 7) is 3.11. The Morgan fingerprint density at radius 2 is 0.566 bits per heavy atom. The van der Waals surface area contributed by atoms with E-state index in [1.807, 2.05) is 0 Å². The lowest BCUT2D eigenvalue weighted by atomic mass is 9.12. The van der Waals surface area contributed by atoms with Gasteiger partial charge in [0.05, 0.1) is 44.5 Å². The lowest BCUT2D eigenvalue weighted by Crippen LogP contribution is -2.75. The third-order valence-electron chi connectivity index (χ3n) is 12.0. The van der Waals surface area contributed by atoms with E-state index in [4.69, 9.17) is 0 Å². The number of fused-ring (bicyclic) bond motifs is 1. The zero-order valence-corrected chi connectivity index (χ0v) is 37.8. The molecule has 0 spiro atoms. The SMILES string of the molecule is CCc1ccc(C[n+]2cccc3ccccc32)cc1.FC(F)(F)c1cc([B-](c2cc(C(F)(F)F)cc(C(F)(F)F)c2)(c2cc(C(F)(F)F)cc(C(F)(F)F)c2)c2cc(C(F)(F)F)cc(C(F)(F)F)c2)cc(C(F)(F)F)c1. The molecular formula is C50H30BF24N. The molecule has 0 aliphatic rings. The molecule has 0 saturated carbocycles. The summed E-state index contributed by atoms with van der Waals surface area (Å²) in [4.78, 5) is 0. The van der Waals surface area contributed by atoms with Gasteiger partial charge in [0.2, 0.25) is 5.52 Å². The molecule has 7 rings (SSSR count). The second kappa shape index (κ2) is 20.2. The number of nitrogens with zero attached hydrogens (tertiary/aromatic N) is 1. The van der Waals surface area contributed by atoms with Crippen LogP contribution in [-0.2, 0) is 62.4 Å². The molecule has 406 valence electrons. The normalized spacial score (nSPS) is 13.4. The van der Waals surface area contributed by atoms with Crippen molar-refractivity contribution in [1.82, 2.24) is 0 Å². The smallest absolute Gasteiger partial charge is 0.194 e. The van der Waals surface area contributed by atoms with Crippen LogP contribution in [0, 0.1) is 0 Å². The van der Waals surface area contributed by atoms with Crippen LogP contribution in [0.25, 0.3) is 10.9 Å². The number of benzene rings is 6. The number of pyridine rings is 1. The molecule has 0 N–H and O–H groups in total. The Bertz CT molecular complexity index is 2760. The Hall–Kier alpha value is -6.89. The van der Waals surface area contributed by atoms with E-state index in [0.717, 1.165) is 13.0 Å². The van der Waals surface area contributed by atoms with Gasteiger partial charge >= 0.3 is 49.4 Å². The topological polar surface area (TPSA) is 3.88 Å². The first kappa shape index (κ1) is 58.4. The second-order valence-corrected chi connectivity index (χ2v) is 17.1. The molecule has 0 atom stereocenters. The summed E-state index contributed by atoms with van der Waals surface area (Å²) >= 11 is 0. The third-order valence-corrected chi connectivity index (χ3v) is 12.0. The molecule has 0 aliphatic heterocycles. The number of alkyl halides is 24. The summed E-state index contributed by atoms with van der Waals surface area (Å²) in [6.07, 6.45) is -51.6. The maximum atomic E-state index is 14.2. The van der Waals surface area contributed by atoms with Gasteiger partial charge in [-0.05, 0) is 48.4 Å². The summed E-state index contributed by atoms with van der Waals surface area (Å²) in [7, 11) is 0. The van der Waals surface area contributed by atoms with Gasteiger partial charge in [0, 0.05) is 23.1 Å². The molecule has 1 heterocycles. The van der Waals surface area contributed by atoms with Gasteiger partial charge in [-0.2, -0.15) is 132 Å². The van der Waals surface area contributed by atoms with Gasteiger partial charge in [-0.3, -0.25) is 0 Å². The van der Waals surface area contributed by atoms with Crippen molar-refractivity contribution in [3.63, 3.8) is 0 Å². The Morgan fingerprint density at radius 1 is 0.316 bits per heavy atom. The fraction of sp³-hybridized carbons (Fsp3) is 0.220. The largest absolute Gasteiger partial charge is 0.416 e. The van der Waals surface area contributed by atoms with Gasteiger partial charge in [-0.1, -0.05) is 91.9 Å². The predicted octanol–water partition coefficient (Wildman–Crippen LogP) is 15.0. The molecule has 0 saturated heterocycles. The van der Waals surface area contributed by atoms with E-state index >= 15 is 0 Å². The van der Waals surface area contributed by atoms with Gasteiger partial charge in [0.15, 0.2) is 12.7 Å². The van der Waals surface area contributed by atoms with E-state index < -0.39 is 195 Å². The lowest BCUT2D eigenvalue weighted by molar-refractivity contribution is -0.662. The van der Waals surface area contributed by atoms with Gasteiger partial charge in [-0.15, -0.1) is 0 Å². The van der Waals surface area contributed by atoms with Crippen LogP contribution < -0.4 is 26.4 Å². The quantitative estimate of drug-likeness (QED) is 0.0851. The van der Waals surface area contributed by atoms with Crippen molar-refractivity contribution in [2.24, 2.45) is 0 Å².